The summed E-state index contributed by atoms with van der Waals surface area (Å²) in [6.07, 6.45) is 2.14. The summed E-state index contributed by atoms with van der Waals surface area (Å²) in [5.41, 5.74) is 3.38. The Hall–Kier alpha value is -3.29. The van der Waals surface area contributed by atoms with Crippen LogP contribution in [-0.2, 0) is 11.8 Å². The molecule has 2 atom stereocenters. The molecule has 1 amide bonds. The van der Waals surface area contributed by atoms with Crippen LogP contribution in [0.1, 0.15) is 13.3 Å². The molecule has 5 rings (SSSR count). The first-order valence-electron chi connectivity index (χ1n) is 9.74. The zero-order chi connectivity index (χ0) is 20.0. The highest BCUT2D eigenvalue weighted by molar-refractivity contribution is 5.87. The van der Waals surface area contributed by atoms with Gasteiger partial charge in [0.15, 0.2) is 5.75 Å². The second kappa shape index (κ2) is 6.95. The van der Waals surface area contributed by atoms with E-state index in [0.717, 1.165) is 28.0 Å². The minimum atomic E-state index is -0.115. The molecule has 0 aliphatic carbocycles. The number of fused-ring (bicyclic) bond motifs is 2. The van der Waals surface area contributed by atoms with Crippen LogP contribution in [0.4, 0.5) is 0 Å². The molecule has 29 heavy (non-hydrogen) atoms. The highest BCUT2D eigenvalue weighted by Gasteiger charge is 2.28. The Kier molecular flexibility index (Phi) is 4.26. The molecule has 0 saturated carbocycles. The van der Waals surface area contributed by atoms with Crippen LogP contribution in [0.2, 0.25) is 0 Å². The molecule has 2 aliphatic heterocycles. The predicted molar refractivity (Wildman–Crippen MR) is 106 cm³/mol. The van der Waals surface area contributed by atoms with Gasteiger partial charge in [0.2, 0.25) is 5.91 Å². The first-order chi connectivity index (χ1) is 14.1. The van der Waals surface area contributed by atoms with Crippen molar-refractivity contribution in [3.05, 3.63) is 30.6 Å². The molecule has 0 radical (unpaired) electrons. The van der Waals surface area contributed by atoms with Crippen molar-refractivity contribution in [3.8, 4) is 28.6 Å². The van der Waals surface area contributed by atoms with Crippen LogP contribution in [0.25, 0.3) is 22.3 Å². The van der Waals surface area contributed by atoms with E-state index in [1.807, 2.05) is 42.8 Å². The molecular formula is C21H22N4O4. The molecule has 1 fully saturated rings. The molecule has 0 spiro atoms. The van der Waals surface area contributed by atoms with E-state index in [1.165, 1.54) is 0 Å². The fourth-order valence-electron chi connectivity index (χ4n) is 3.84. The van der Waals surface area contributed by atoms with Gasteiger partial charge in [-0.1, -0.05) is 0 Å². The zero-order valence-electron chi connectivity index (χ0n) is 16.3. The third-order valence-electron chi connectivity index (χ3n) is 5.46. The summed E-state index contributed by atoms with van der Waals surface area (Å²) in [6, 6.07) is 7.75. The maximum absolute atomic E-state index is 11.6. The van der Waals surface area contributed by atoms with Gasteiger partial charge < -0.3 is 24.1 Å². The SMILES string of the molecule is CC(Oc1cc(-c2ccc3c(n2)OCCO3)cc2ncn(C)c12)C1CNC(=O)C1. The maximum Gasteiger partial charge on any atom is 0.257 e. The summed E-state index contributed by atoms with van der Waals surface area (Å²) in [5, 5.41) is 2.87. The van der Waals surface area contributed by atoms with Crippen LogP contribution in [0.5, 0.6) is 17.4 Å². The van der Waals surface area contributed by atoms with Gasteiger partial charge in [-0.15, -0.1) is 0 Å². The Morgan fingerprint density at radius 2 is 2.14 bits per heavy atom. The largest absolute Gasteiger partial charge is 0.488 e. The molecule has 1 aromatic carbocycles. The lowest BCUT2D eigenvalue weighted by molar-refractivity contribution is -0.119. The van der Waals surface area contributed by atoms with Crippen LogP contribution in [-0.4, -0.2) is 46.3 Å². The van der Waals surface area contributed by atoms with Gasteiger partial charge in [0, 0.05) is 31.5 Å². The number of carbonyl (C=O) groups excluding carboxylic acids is 1. The first kappa shape index (κ1) is 17.8. The monoisotopic (exact) mass is 394 g/mol. The third kappa shape index (κ3) is 3.24. The van der Waals surface area contributed by atoms with Crippen molar-refractivity contribution in [1.29, 1.82) is 0 Å². The van der Waals surface area contributed by atoms with E-state index < -0.39 is 0 Å². The standard InChI is InChI=1S/C21H22N4O4/c1-12(14-9-19(26)22-10-14)29-18-8-13(7-16-20(18)25(2)11-23-16)15-3-4-17-21(24-15)28-6-5-27-17/h3-4,7-8,11-12,14H,5-6,9-10H2,1-2H3,(H,22,26). The number of pyridine rings is 1. The number of hydrogen-bond acceptors (Lipinski definition) is 6. The molecule has 3 aromatic rings. The third-order valence-corrected chi connectivity index (χ3v) is 5.46. The number of imidazole rings is 1. The smallest absolute Gasteiger partial charge is 0.257 e. The van der Waals surface area contributed by atoms with Crippen molar-refractivity contribution >= 4 is 16.9 Å². The molecule has 1 N–H and O–H groups in total. The van der Waals surface area contributed by atoms with Gasteiger partial charge in [0.05, 0.1) is 17.5 Å². The van der Waals surface area contributed by atoms with Crippen LogP contribution in [0.15, 0.2) is 30.6 Å². The van der Waals surface area contributed by atoms with Crippen molar-refractivity contribution in [2.75, 3.05) is 19.8 Å². The molecule has 0 bridgehead atoms. The molecule has 2 unspecified atom stereocenters. The first-order valence-corrected chi connectivity index (χ1v) is 9.74. The molecule has 150 valence electrons. The van der Waals surface area contributed by atoms with E-state index in [9.17, 15) is 4.79 Å². The van der Waals surface area contributed by atoms with Gasteiger partial charge in [-0.05, 0) is 31.2 Å². The van der Waals surface area contributed by atoms with E-state index >= 15 is 0 Å². The highest BCUT2D eigenvalue weighted by Crippen LogP contribution is 2.36. The van der Waals surface area contributed by atoms with Gasteiger partial charge in [-0.2, -0.15) is 0 Å². The number of amides is 1. The fourth-order valence-corrected chi connectivity index (χ4v) is 3.84. The lowest BCUT2D eigenvalue weighted by atomic mass is 10.0. The van der Waals surface area contributed by atoms with E-state index in [0.29, 0.717) is 37.8 Å². The zero-order valence-corrected chi connectivity index (χ0v) is 16.3. The van der Waals surface area contributed by atoms with E-state index in [-0.39, 0.29) is 17.9 Å². The average molecular weight is 394 g/mol. The molecule has 8 heteroatoms. The second-order valence-electron chi connectivity index (χ2n) is 7.49. The second-order valence-corrected chi connectivity index (χ2v) is 7.49. The number of carbonyl (C=O) groups is 1. The van der Waals surface area contributed by atoms with Gasteiger partial charge >= 0.3 is 0 Å². The molecule has 4 heterocycles. The Labute approximate surface area is 167 Å². The van der Waals surface area contributed by atoms with Crippen molar-refractivity contribution in [3.63, 3.8) is 0 Å². The Morgan fingerprint density at radius 1 is 1.28 bits per heavy atom. The predicted octanol–water partition coefficient (Wildman–Crippen LogP) is 2.31. The maximum atomic E-state index is 11.6. The number of nitrogens with one attached hydrogen (secondary N) is 1. The van der Waals surface area contributed by atoms with E-state index in [2.05, 4.69) is 15.3 Å². The Morgan fingerprint density at radius 3 is 2.97 bits per heavy atom. The van der Waals surface area contributed by atoms with Crippen LogP contribution >= 0.6 is 0 Å². The summed E-state index contributed by atoms with van der Waals surface area (Å²) in [6.45, 7) is 3.66. The van der Waals surface area contributed by atoms with Crippen molar-refractivity contribution in [2.24, 2.45) is 13.0 Å². The number of aryl methyl sites for hydroxylation is 1. The minimum absolute atomic E-state index is 0.0744. The summed E-state index contributed by atoms with van der Waals surface area (Å²) < 4.78 is 19.5. The van der Waals surface area contributed by atoms with Crippen molar-refractivity contribution < 1.29 is 19.0 Å². The summed E-state index contributed by atoms with van der Waals surface area (Å²) in [7, 11) is 1.94. The molecular weight excluding hydrogens is 372 g/mol. The van der Waals surface area contributed by atoms with Gasteiger partial charge in [-0.25, -0.2) is 9.97 Å². The summed E-state index contributed by atoms with van der Waals surface area (Å²) >= 11 is 0. The average Bonchev–Trinajstić information content (AvgIpc) is 3.33. The quantitative estimate of drug-likeness (QED) is 0.731. The number of aromatic nitrogens is 3. The number of rotatable bonds is 4. The Bertz CT molecular complexity index is 1090. The normalized spacial score (nSPS) is 19.2. The molecule has 8 nitrogen and oxygen atoms in total. The molecule has 1 saturated heterocycles. The summed E-state index contributed by atoms with van der Waals surface area (Å²) in [5.74, 6) is 2.09. The summed E-state index contributed by atoms with van der Waals surface area (Å²) in [4.78, 5) is 20.7. The van der Waals surface area contributed by atoms with Gasteiger partial charge in [0.25, 0.3) is 5.88 Å². The Balaban J connectivity index is 1.53. The highest BCUT2D eigenvalue weighted by atomic mass is 16.6. The number of benzene rings is 1. The van der Waals surface area contributed by atoms with Crippen molar-refractivity contribution in [2.45, 2.75) is 19.4 Å². The number of nitrogens with zero attached hydrogens (tertiary/aromatic N) is 3. The van der Waals surface area contributed by atoms with Crippen LogP contribution in [0.3, 0.4) is 0 Å². The van der Waals surface area contributed by atoms with Crippen LogP contribution < -0.4 is 19.5 Å². The lowest BCUT2D eigenvalue weighted by Gasteiger charge is -2.21. The minimum Gasteiger partial charge on any atom is -0.488 e. The number of hydrogen-bond donors (Lipinski definition) is 1. The molecule has 2 aliphatic rings. The topological polar surface area (TPSA) is 87.5 Å². The number of ether oxygens (including phenoxy) is 3. The van der Waals surface area contributed by atoms with Crippen molar-refractivity contribution in [1.82, 2.24) is 19.9 Å². The van der Waals surface area contributed by atoms with E-state index in [4.69, 9.17) is 14.2 Å². The van der Waals surface area contributed by atoms with Gasteiger partial charge in [0.1, 0.15) is 30.6 Å². The lowest BCUT2D eigenvalue weighted by Crippen LogP contribution is -2.25. The molecule has 2 aromatic heterocycles. The van der Waals surface area contributed by atoms with Crippen LogP contribution in [0, 0.1) is 5.92 Å². The van der Waals surface area contributed by atoms with E-state index in [1.54, 1.807) is 6.33 Å². The fraction of sp³-hybridized carbons (Fsp3) is 0.381. The van der Waals surface area contributed by atoms with Gasteiger partial charge in [-0.3, -0.25) is 4.79 Å².